The summed E-state index contributed by atoms with van der Waals surface area (Å²) in [6.07, 6.45) is 1.83. The van der Waals surface area contributed by atoms with E-state index in [1.807, 2.05) is 22.9 Å². The molecule has 0 fully saturated rings. The molecule has 26 heavy (non-hydrogen) atoms. The molecule has 3 rings (SSSR count). The maximum atomic E-state index is 12.7. The molecule has 1 aliphatic rings. The summed E-state index contributed by atoms with van der Waals surface area (Å²) in [5.41, 5.74) is 2.43. The number of nitriles is 1. The molecule has 2 aromatic rings. The average molecular weight is 352 g/mol. The molecule has 1 aromatic heterocycles. The predicted octanol–water partition coefficient (Wildman–Crippen LogP) is 3.08. The molecular weight excluding hydrogens is 328 g/mol. The van der Waals surface area contributed by atoms with Gasteiger partial charge in [-0.1, -0.05) is 32.0 Å². The van der Waals surface area contributed by atoms with Crippen molar-refractivity contribution in [3.8, 4) is 11.8 Å². The zero-order valence-electron chi connectivity index (χ0n) is 15.3. The van der Waals surface area contributed by atoms with Crippen LogP contribution in [0.5, 0.6) is 5.75 Å². The van der Waals surface area contributed by atoms with E-state index >= 15 is 0 Å². The summed E-state index contributed by atoms with van der Waals surface area (Å²) in [6, 6.07) is 11.7. The number of hydrogen-bond acceptors (Lipinski definition) is 4. The highest BCUT2D eigenvalue weighted by atomic mass is 16.5. The number of ether oxygens (including phenoxy) is 1. The second kappa shape index (κ2) is 8.05. The summed E-state index contributed by atoms with van der Waals surface area (Å²) in [6.45, 7) is 6.17. The Morgan fingerprint density at radius 1 is 1.38 bits per heavy atom. The summed E-state index contributed by atoms with van der Waals surface area (Å²) in [7, 11) is 0. The number of amides is 1. The number of carbonyl (C=O) groups is 1. The number of aryl methyl sites for hydroxylation is 1. The molecule has 1 aromatic carbocycles. The van der Waals surface area contributed by atoms with Crippen molar-refractivity contribution in [2.45, 2.75) is 45.7 Å². The van der Waals surface area contributed by atoms with E-state index in [9.17, 15) is 4.79 Å². The van der Waals surface area contributed by atoms with Crippen molar-refractivity contribution < 1.29 is 9.53 Å². The molecule has 0 bridgehead atoms. The molecule has 0 aliphatic carbocycles. The Morgan fingerprint density at radius 2 is 2.19 bits per heavy atom. The Labute approximate surface area is 154 Å². The fraction of sp³-hybridized carbons (Fsp3) is 0.450. The van der Waals surface area contributed by atoms with Gasteiger partial charge in [-0.15, -0.1) is 0 Å². The first-order valence-electron chi connectivity index (χ1n) is 9.08. The van der Waals surface area contributed by atoms with Crippen LogP contribution in [0.25, 0.3) is 0 Å². The standard InChI is InChI=1S/C20H24N4O2/c1-3-15(2)18-7-4-5-8-19(18)26-14-20(25)23-9-6-10-24-17(13-23)11-16(12-21)22-24/h4-5,7-8,11,15H,3,6,9-10,13-14H2,1-2H3/t15-/m0/s1. The van der Waals surface area contributed by atoms with E-state index < -0.39 is 0 Å². The lowest BCUT2D eigenvalue weighted by Crippen LogP contribution is -2.34. The summed E-state index contributed by atoms with van der Waals surface area (Å²) in [5, 5.41) is 13.3. The Balaban J connectivity index is 1.66. The Morgan fingerprint density at radius 3 is 2.96 bits per heavy atom. The van der Waals surface area contributed by atoms with Crippen molar-refractivity contribution in [3.63, 3.8) is 0 Å². The maximum Gasteiger partial charge on any atom is 0.260 e. The Hall–Kier alpha value is -2.81. The number of rotatable bonds is 5. The van der Waals surface area contributed by atoms with Crippen LogP contribution in [0.4, 0.5) is 0 Å². The third-order valence-corrected chi connectivity index (χ3v) is 4.89. The summed E-state index contributed by atoms with van der Waals surface area (Å²) in [5.74, 6) is 1.12. The van der Waals surface area contributed by atoms with Crippen LogP contribution in [0.3, 0.4) is 0 Å². The highest BCUT2D eigenvalue weighted by Crippen LogP contribution is 2.28. The van der Waals surface area contributed by atoms with E-state index in [2.05, 4.69) is 31.1 Å². The lowest BCUT2D eigenvalue weighted by molar-refractivity contribution is -0.134. The topological polar surface area (TPSA) is 71.2 Å². The largest absolute Gasteiger partial charge is 0.483 e. The van der Waals surface area contributed by atoms with Crippen LogP contribution in [-0.2, 0) is 17.9 Å². The first-order valence-corrected chi connectivity index (χ1v) is 9.08. The average Bonchev–Trinajstić information content (AvgIpc) is 2.96. The summed E-state index contributed by atoms with van der Waals surface area (Å²) >= 11 is 0. The lowest BCUT2D eigenvalue weighted by atomic mass is 9.98. The van der Waals surface area contributed by atoms with Gasteiger partial charge in [0.2, 0.25) is 0 Å². The Bertz CT molecular complexity index is 821. The highest BCUT2D eigenvalue weighted by Gasteiger charge is 2.21. The van der Waals surface area contributed by atoms with Crippen LogP contribution in [0, 0.1) is 11.3 Å². The number of aromatic nitrogens is 2. The van der Waals surface area contributed by atoms with Gasteiger partial charge in [-0.25, -0.2) is 0 Å². The second-order valence-corrected chi connectivity index (χ2v) is 6.66. The number of benzene rings is 1. The first-order chi connectivity index (χ1) is 12.6. The zero-order valence-corrected chi connectivity index (χ0v) is 15.3. The molecule has 0 spiro atoms. The van der Waals surface area contributed by atoms with Crippen LogP contribution in [-0.4, -0.2) is 33.7 Å². The van der Waals surface area contributed by atoms with Crippen LogP contribution in [0.15, 0.2) is 30.3 Å². The van der Waals surface area contributed by atoms with E-state index in [-0.39, 0.29) is 12.5 Å². The number of para-hydroxylation sites is 1. The monoisotopic (exact) mass is 352 g/mol. The quantitative estimate of drug-likeness (QED) is 0.829. The van der Waals surface area contributed by atoms with Crippen LogP contribution in [0.2, 0.25) is 0 Å². The molecule has 1 aliphatic heterocycles. The molecule has 1 atom stereocenters. The van der Waals surface area contributed by atoms with Crippen LogP contribution in [0.1, 0.15) is 49.6 Å². The van der Waals surface area contributed by atoms with E-state index in [4.69, 9.17) is 10.00 Å². The number of fused-ring (bicyclic) bond motifs is 1. The minimum atomic E-state index is -0.0443. The maximum absolute atomic E-state index is 12.7. The van der Waals surface area contributed by atoms with Crippen LogP contribution >= 0.6 is 0 Å². The minimum Gasteiger partial charge on any atom is -0.483 e. The van der Waals surface area contributed by atoms with Crippen LogP contribution < -0.4 is 4.74 Å². The molecule has 6 heteroatoms. The van der Waals surface area contributed by atoms with Crippen molar-refractivity contribution in [2.24, 2.45) is 0 Å². The van der Waals surface area contributed by atoms with Gasteiger partial charge < -0.3 is 9.64 Å². The van der Waals surface area contributed by atoms with Gasteiger partial charge in [0, 0.05) is 13.1 Å². The lowest BCUT2D eigenvalue weighted by Gasteiger charge is -2.21. The molecule has 1 amide bonds. The molecule has 0 N–H and O–H groups in total. The zero-order chi connectivity index (χ0) is 18.5. The molecular formula is C20H24N4O2. The van der Waals surface area contributed by atoms with Gasteiger partial charge in [-0.2, -0.15) is 10.4 Å². The summed E-state index contributed by atoms with van der Waals surface area (Å²) in [4.78, 5) is 14.5. The minimum absolute atomic E-state index is 0.0205. The van der Waals surface area contributed by atoms with Gasteiger partial charge in [0.1, 0.15) is 11.8 Å². The van der Waals surface area contributed by atoms with Crippen molar-refractivity contribution in [2.75, 3.05) is 13.2 Å². The fourth-order valence-electron chi connectivity index (χ4n) is 3.20. The van der Waals surface area contributed by atoms with E-state index in [0.717, 1.165) is 36.4 Å². The molecule has 0 radical (unpaired) electrons. The molecule has 0 unspecified atom stereocenters. The van der Waals surface area contributed by atoms with E-state index in [1.165, 1.54) is 0 Å². The number of nitrogens with zero attached hydrogens (tertiary/aromatic N) is 4. The van der Waals surface area contributed by atoms with E-state index in [0.29, 0.717) is 24.7 Å². The normalized spacial score (nSPS) is 14.9. The van der Waals surface area contributed by atoms with Gasteiger partial charge in [0.25, 0.3) is 5.91 Å². The van der Waals surface area contributed by atoms with Crippen molar-refractivity contribution in [3.05, 3.63) is 47.3 Å². The number of hydrogen-bond donors (Lipinski definition) is 0. The van der Waals surface area contributed by atoms with Gasteiger partial charge in [0.15, 0.2) is 12.3 Å². The first kappa shape index (κ1) is 18.0. The number of carbonyl (C=O) groups excluding carboxylic acids is 1. The molecule has 6 nitrogen and oxygen atoms in total. The van der Waals surface area contributed by atoms with Crippen molar-refractivity contribution >= 4 is 5.91 Å². The fourth-order valence-corrected chi connectivity index (χ4v) is 3.20. The van der Waals surface area contributed by atoms with Gasteiger partial charge in [0.05, 0.1) is 12.2 Å². The second-order valence-electron chi connectivity index (χ2n) is 6.66. The van der Waals surface area contributed by atoms with E-state index in [1.54, 1.807) is 11.0 Å². The molecule has 136 valence electrons. The molecule has 0 saturated carbocycles. The molecule has 2 heterocycles. The molecule has 0 saturated heterocycles. The SMILES string of the molecule is CC[C@H](C)c1ccccc1OCC(=O)N1CCCn2nc(C#N)cc2C1. The van der Waals surface area contributed by atoms with Gasteiger partial charge >= 0.3 is 0 Å². The summed E-state index contributed by atoms with van der Waals surface area (Å²) < 4.78 is 7.69. The predicted molar refractivity (Wildman–Crippen MR) is 97.6 cm³/mol. The van der Waals surface area contributed by atoms with Crippen molar-refractivity contribution in [1.82, 2.24) is 14.7 Å². The third kappa shape index (κ3) is 3.88. The van der Waals surface area contributed by atoms with Gasteiger partial charge in [-0.3, -0.25) is 9.48 Å². The van der Waals surface area contributed by atoms with Gasteiger partial charge in [-0.05, 0) is 36.5 Å². The third-order valence-electron chi connectivity index (χ3n) is 4.89. The smallest absolute Gasteiger partial charge is 0.260 e. The van der Waals surface area contributed by atoms with Crippen molar-refractivity contribution in [1.29, 1.82) is 5.26 Å². The Kier molecular flexibility index (Phi) is 5.57. The highest BCUT2D eigenvalue weighted by molar-refractivity contribution is 5.77.